The molecule has 0 saturated heterocycles. The van der Waals surface area contributed by atoms with Crippen LogP contribution in [0.25, 0.3) is 0 Å². The van der Waals surface area contributed by atoms with Crippen LogP contribution >= 0.6 is 0 Å². The molecule has 2 fully saturated rings. The first-order valence-corrected chi connectivity index (χ1v) is 9.10. The number of ether oxygens (including phenoxy) is 1. The van der Waals surface area contributed by atoms with E-state index < -0.39 is 11.5 Å². The van der Waals surface area contributed by atoms with E-state index in [1.54, 1.807) is 6.08 Å². The smallest absolute Gasteiger partial charge is 0.306 e. The molecule has 4 aliphatic carbocycles. The first kappa shape index (κ1) is 17.7. The second kappa shape index (κ2) is 5.42. The third-order valence-electron chi connectivity index (χ3n) is 6.92. The van der Waals surface area contributed by atoms with Gasteiger partial charge in [-0.15, -0.1) is 0 Å². The molecule has 4 rings (SSSR count). The summed E-state index contributed by atoms with van der Waals surface area (Å²) in [6.45, 7) is 12.2. The molecule has 0 aromatic heterocycles. The quantitative estimate of drug-likeness (QED) is 0.806. The van der Waals surface area contributed by atoms with Crippen molar-refractivity contribution in [2.75, 3.05) is 0 Å². The number of carbonyl (C=O) groups is 2. The lowest BCUT2D eigenvalue weighted by molar-refractivity contribution is -0.193. The van der Waals surface area contributed by atoms with Gasteiger partial charge < -0.3 is 9.84 Å². The van der Waals surface area contributed by atoms with Gasteiger partial charge in [-0.1, -0.05) is 40.2 Å². The van der Waals surface area contributed by atoms with Crippen molar-refractivity contribution in [3.8, 4) is 0 Å². The molecule has 2 saturated carbocycles. The van der Waals surface area contributed by atoms with Crippen LogP contribution in [-0.2, 0) is 14.3 Å². The van der Waals surface area contributed by atoms with Gasteiger partial charge in [0.1, 0.15) is 6.10 Å². The van der Waals surface area contributed by atoms with Gasteiger partial charge >= 0.3 is 5.97 Å². The monoisotopic (exact) mass is 334 g/mol. The third kappa shape index (κ3) is 2.22. The van der Waals surface area contributed by atoms with Crippen LogP contribution in [0.4, 0.5) is 0 Å². The highest BCUT2D eigenvalue weighted by atomic mass is 16.5. The number of rotatable bonds is 3. The van der Waals surface area contributed by atoms with Crippen LogP contribution in [0, 0.1) is 34.5 Å². The highest BCUT2D eigenvalue weighted by Crippen LogP contribution is 2.71. The zero-order valence-electron chi connectivity index (χ0n) is 15.6. The molecular weight excluding hydrogens is 304 g/mol. The minimum atomic E-state index is -0.630. The van der Waals surface area contributed by atoms with Gasteiger partial charge in [0.2, 0.25) is 0 Å². The van der Waals surface area contributed by atoms with E-state index in [1.165, 1.54) is 0 Å². The molecule has 4 bridgehead atoms. The highest BCUT2D eigenvalue weighted by molar-refractivity contribution is 5.96. The topological polar surface area (TPSA) is 63.6 Å². The molecular formula is C20H30O4. The summed E-state index contributed by atoms with van der Waals surface area (Å²) in [5, 5.41) is 10.9. The average Bonchev–Trinajstić information content (AvgIpc) is 2.50. The van der Waals surface area contributed by atoms with Gasteiger partial charge in [-0.05, 0) is 30.8 Å². The summed E-state index contributed by atoms with van der Waals surface area (Å²) in [5.74, 6) is 0.332. The summed E-state index contributed by atoms with van der Waals surface area (Å²) in [5.41, 5.74) is 0.317. The summed E-state index contributed by atoms with van der Waals surface area (Å²) in [6.07, 6.45) is 1.57. The van der Waals surface area contributed by atoms with Crippen molar-refractivity contribution in [3.05, 3.63) is 11.6 Å². The zero-order chi connectivity index (χ0) is 18.0. The number of hydrogen-bond acceptors (Lipinski definition) is 4. The minimum Gasteiger partial charge on any atom is -0.462 e. The van der Waals surface area contributed by atoms with E-state index in [2.05, 4.69) is 13.8 Å². The third-order valence-corrected chi connectivity index (χ3v) is 6.92. The first-order chi connectivity index (χ1) is 11.0. The second-order valence-electron chi connectivity index (χ2n) is 9.29. The Balaban J connectivity index is 1.94. The molecule has 0 amide bonds. The van der Waals surface area contributed by atoms with Gasteiger partial charge in [0.05, 0.1) is 6.10 Å². The van der Waals surface area contributed by atoms with Crippen molar-refractivity contribution >= 4 is 11.8 Å². The molecule has 0 radical (unpaired) electrons. The van der Waals surface area contributed by atoms with Gasteiger partial charge in [-0.2, -0.15) is 0 Å². The van der Waals surface area contributed by atoms with E-state index in [0.29, 0.717) is 12.8 Å². The van der Waals surface area contributed by atoms with Crippen LogP contribution in [0.5, 0.6) is 0 Å². The Morgan fingerprint density at radius 3 is 2.50 bits per heavy atom. The summed E-state index contributed by atoms with van der Waals surface area (Å²) >= 11 is 0. The number of fused-ring (bicyclic) bond motifs is 1. The van der Waals surface area contributed by atoms with E-state index in [0.717, 1.165) is 5.57 Å². The molecule has 4 aliphatic rings. The fourth-order valence-electron chi connectivity index (χ4n) is 5.69. The van der Waals surface area contributed by atoms with E-state index in [9.17, 15) is 14.7 Å². The van der Waals surface area contributed by atoms with Crippen LogP contribution in [0.2, 0.25) is 0 Å². The second-order valence-corrected chi connectivity index (χ2v) is 9.29. The molecule has 4 nitrogen and oxygen atoms in total. The van der Waals surface area contributed by atoms with Crippen molar-refractivity contribution in [2.45, 2.75) is 66.6 Å². The minimum absolute atomic E-state index is 0.129. The molecule has 134 valence electrons. The zero-order valence-corrected chi connectivity index (χ0v) is 15.6. The molecule has 0 aliphatic heterocycles. The Kier molecular flexibility index (Phi) is 3.99. The van der Waals surface area contributed by atoms with Gasteiger partial charge in [-0.25, -0.2) is 0 Å². The molecule has 0 aromatic carbocycles. The fraction of sp³-hybridized carbons (Fsp3) is 0.800. The lowest BCUT2D eigenvalue weighted by Gasteiger charge is -2.65. The lowest BCUT2D eigenvalue weighted by Crippen LogP contribution is -2.67. The Labute approximate surface area is 144 Å². The number of esters is 1. The van der Waals surface area contributed by atoms with E-state index in [1.807, 2.05) is 27.7 Å². The van der Waals surface area contributed by atoms with Crippen LogP contribution in [0.3, 0.4) is 0 Å². The van der Waals surface area contributed by atoms with Crippen molar-refractivity contribution in [2.24, 2.45) is 34.5 Å². The fourth-order valence-corrected chi connectivity index (χ4v) is 5.69. The predicted molar refractivity (Wildman–Crippen MR) is 91.1 cm³/mol. The standard InChI is InChI=1S/C20H30O4/c1-10(2)7-15(23)24-14-9-13(22)20(6)16-11(3)8-12(21)17(20)18(16)19(14,4)5/h8,10,13-14,16-18,22H,7,9H2,1-6H3. The van der Waals surface area contributed by atoms with Crippen molar-refractivity contribution in [3.63, 3.8) is 0 Å². The van der Waals surface area contributed by atoms with Crippen molar-refractivity contribution in [1.82, 2.24) is 0 Å². The molecule has 0 heterocycles. The summed E-state index contributed by atoms with van der Waals surface area (Å²) < 4.78 is 5.82. The van der Waals surface area contributed by atoms with Crippen LogP contribution in [0.1, 0.15) is 54.4 Å². The summed E-state index contributed by atoms with van der Waals surface area (Å²) in [4.78, 5) is 24.8. The summed E-state index contributed by atoms with van der Waals surface area (Å²) in [7, 11) is 0. The Hall–Kier alpha value is -1.16. The summed E-state index contributed by atoms with van der Waals surface area (Å²) in [6, 6.07) is 0. The molecule has 6 unspecified atom stereocenters. The number of aliphatic hydroxyl groups is 1. The number of aliphatic hydroxyl groups excluding tert-OH is 1. The highest BCUT2D eigenvalue weighted by Gasteiger charge is 2.73. The maximum absolute atomic E-state index is 12.6. The van der Waals surface area contributed by atoms with Crippen LogP contribution in [0.15, 0.2) is 11.6 Å². The maximum atomic E-state index is 12.6. The Morgan fingerprint density at radius 1 is 1.33 bits per heavy atom. The first-order valence-electron chi connectivity index (χ1n) is 9.10. The van der Waals surface area contributed by atoms with Crippen molar-refractivity contribution < 1.29 is 19.4 Å². The molecule has 0 aromatic rings. The number of carbonyl (C=O) groups excluding carboxylic acids is 2. The molecule has 4 heteroatoms. The number of allylic oxidation sites excluding steroid dienone is 2. The van der Waals surface area contributed by atoms with Gasteiger partial charge in [0.25, 0.3) is 0 Å². The lowest BCUT2D eigenvalue weighted by atomic mass is 9.37. The van der Waals surface area contributed by atoms with Gasteiger partial charge in [0.15, 0.2) is 5.78 Å². The van der Waals surface area contributed by atoms with Gasteiger partial charge in [0, 0.05) is 29.6 Å². The molecule has 1 N–H and O–H groups in total. The Morgan fingerprint density at radius 2 is 1.96 bits per heavy atom. The largest absolute Gasteiger partial charge is 0.462 e. The maximum Gasteiger partial charge on any atom is 0.306 e. The van der Waals surface area contributed by atoms with Gasteiger partial charge in [-0.3, -0.25) is 9.59 Å². The van der Waals surface area contributed by atoms with Crippen LogP contribution in [-0.4, -0.2) is 29.1 Å². The van der Waals surface area contributed by atoms with E-state index >= 15 is 0 Å². The van der Waals surface area contributed by atoms with E-state index in [-0.39, 0.29) is 46.9 Å². The average molecular weight is 334 g/mol. The predicted octanol–water partition coefficient (Wildman–Crippen LogP) is 3.13. The van der Waals surface area contributed by atoms with Crippen molar-refractivity contribution in [1.29, 1.82) is 0 Å². The molecule has 24 heavy (non-hydrogen) atoms. The molecule has 6 atom stereocenters. The Bertz CT molecular complexity index is 603. The van der Waals surface area contributed by atoms with Crippen LogP contribution < -0.4 is 0 Å². The number of ketones is 1. The van der Waals surface area contributed by atoms with E-state index in [4.69, 9.17) is 4.74 Å². The normalized spacial score (nSPS) is 42.9. The number of hydrogen-bond donors (Lipinski definition) is 1. The molecule has 0 spiro atoms. The SMILES string of the molecule is CC1=CC(=O)C2C3C1C2(C)C(O)CC(OC(=O)CC(C)C)C3(C)C.